The van der Waals surface area contributed by atoms with Crippen LogP contribution in [-0.4, -0.2) is 18.0 Å². The highest BCUT2D eigenvalue weighted by atomic mass is 127. The third-order valence-corrected chi connectivity index (χ3v) is 3.45. The van der Waals surface area contributed by atoms with Crippen molar-refractivity contribution in [3.8, 4) is 0 Å². The van der Waals surface area contributed by atoms with Crippen LogP contribution < -0.4 is 10.7 Å². The number of anilines is 1. The minimum atomic E-state index is -0.816. The smallest absolute Gasteiger partial charge is 0.318 e. The quantitative estimate of drug-likeness (QED) is 0.356. The minimum absolute atomic E-state index is 0.571. The van der Waals surface area contributed by atoms with Crippen molar-refractivity contribution in [3.63, 3.8) is 0 Å². The average molecular weight is 407 g/mol. The zero-order valence-electron chi connectivity index (χ0n) is 11.8. The second-order valence-corrected chi connectivity index (χ2v) is 5.82. The van der Waals surface area contributed by atoms with Crippen molar-refractivity contribution < 1.29 is 9.59 Å². The van der Waals surface area contributed by atoms with Gasteiger partial charge in [0.1, 0.15) is 0 Å². The van der Waals surface area contributed by atoms with E-state index in [0.717, 1.165) is 14.7 Å². The van der Waals surface area contributed by atoms with Crippen LogP contribution >= 0.6 is 22.6 Å². The van der Waals surface area contributed by atoms with Crippen molar-refractivity contribution in [1.29, 1.82) is 0 Å². The van der Waals surface area contributed by atoms with Gasteiger partial charge in [0.15, 0.2) is 0 Å². The number of hydrogen-bond acceptors (Lipinski definition) is 3. The van der Waals surface area contributed by atoms with Gasteiger partial charge in [0, 0.05) is 9.26 Å². The Morgan fingerprint density at radius 1 is 1.09 bits per heavy atom. The molecule has 22 heavy (non-hydrogen) atoms. The second-order valence-electron chi connectivity index (χ2n) is 4.57. The molecule has 2 amide bonds. The molecule has 0 radical (unpaired) electrons. The number of hydrazone groups is 1. The van der Waals surface area contributed by atoms with E-state index in [-0.39, 0.29) is 0 Å². The Labute approximate surface area is 141 Å². The first-order valence-corrected chi connectivity index (χ1v) is 7.59. The summed E-state index contributed by atoms with van der Waals surface area (Å²) in [6, 6.07) is 14.8. The van der Waals surface area contributed by atoms with Crippen molar-refractivity contribution in [3.05, 3.63) is 63.2 Å². The van der Waals surface area contributed by atoms with Gasteiger partial charge in [-0.25, -0.2) is 5.43 Å². The van der Waals surface area contributed by atoms with E-state index in [0.29, 0.717) is 5.69 Å². The van der Waals surface area contributed by atoms with E-state index < -0.39 is 11.8 Å². The van der Waals surface area contributed by atoms with E-state index in [1.54, 1.807) is 18.2 Å². The van der Waals surface area contributed by atoms with Crippen molar-refractivity contribution >= 4 is 46.3 Å². The normalized spacial score (nSPS) is 10.5. The molecular formula is C16H14IN3O2. The predicted octanol–water partition coefficient (Wildman–Crippen LogP) is 2.69. The van der Waals surface area contributed by atoms with Crippen molar-refractivity contribution in [2.24, 2.45) is 5.10 Å². The Balaban J connectivity index is 1.89. The molecule has 2 aromatic carbocycles. The first-order valence-electron chi connectivity index (χ1n) is 6.51. The zero-order valence-corrected chi connectivity index (χ0v) is 14.0. The monoisotopic (exact) mass is 407 g/mol. The number of nitrogens with one attached hydrogen (secondary N) is 2. The fourth-order valence-electron chi connectivity index (χ4n) is 1.68. The molecule has 0 bridgehead atoms. The molecule has 0 unspecified atom stereocenters. The molecule has 0 spiro atoms. The van der Waals surface area contributed by atoms with Crippen LogP contribution in [0.25, 0.3) is 0 Å². The fourth-order valence-corrected chi connectivity index (χ4v) is 2.04. The SMILES string of the molecule is Cc1cccc(NC(=O)C(=O)N/N=C/c2ccc(I)cc2)c1. The van der Waals surface area contributed by atoms with Crippen molar-refractivity contribution in [1.82, 2.24) is 5.43 Å². The van der Waals surface area contributed by atoms with Gasteiger partial charge in [-0.1, -0.05) is 24.3 Å². The van der Waals surface area contributed by atoms with Gasteiger partial charge in [-0.2, -0.15) is 5.10 Å². The van der Waals surface area contributed by atoms with E-state index in [4.69, 9.17) is 0 Å². The molecule has 2 rings (SSSR count). The first kappa shape index (κ1) is 16.2. The van der Waals surface area contributed by atoms with Gasteiger partial charge < -0.3 is 5.32 Å². The summed E-state index contributed by atoms with van der Waals surface area (Å²) in [7, 11) is 0. The highest BCUT2D eigenvalue weighted by Gasteiger charge is 2.12. The first-order chi connectivity index (χ1) is 10.5. The van der Waals surface area contributed by atoms with Crippen molar-refractivity contribution in [2.45, 2.75) is 6.92 Å². The Morgan fingerprint density at radius 2 is 1.82 bits per heavy atom. The molecule has 0 fully saturated rings. The Kier molecular flexibility index (Phi) is 5.65. The molecule has 112 valence electrons. The van der Waals surface area contributed by atoms with Gasteiger partial charge in [0.05, 0.1) is 6.21 Å². The summed E-state index contributed by atoms with van der Waals surface area (Å²) in [4.78, 5) is 23.4. The average Bonchev–Trinajstić information content (AvgIpc) is 2.49. The number of hydrogen-bond donors (Lipinski definition) is 2. The molecule has 0 aliphatic carbocycles. The third kappa shape index (κ3) is 4.96. The van der Waals surface area contributed by atoms with E-state index in [2.05, 4.69) is 38.4 Å². The van der Waals surface area contributed by atoms with Crippen LogP contribution in [0.1, 0.15) is 11.1 Å². The Morgan fingerprint density at radius 3 is 2.50 bits per heavy atom. The summed E-state index contributed by atoms with van der Waals surface area (Å²) in [6.45, 7) is 1.90. The lowest BCUT2D eigenvalue weighted by atomic mass is 10.2. The van der Waals surface area contributed by atoms with E-state index in [1.807, 2.05) is 37.3 Å². The highest BCUT2D eigenvalue weighted by molar-refractivity contribution is 14.1. The third-order valence-electron chi connectivity index (χ3n) is 2.73. The summed E-state index contributed by atoms with van der Waals surface area (Å²) in [5.41, 5.74) is 4.60. The summed E-state index contributed by atoms with van der Waals surface area (Å²) in [5, 5.41) is 6.28. The van der Waals surface area contributed by atoms with Crippen LogP contribution in [-0.2, 0) is 9.59 Å². The standard InChI is InChI=1S/C16H14IN3O2/c1-11-3-2-4-14(9-11)19-15(21)16(22)20-18-10-12-5-7-13(17)8-6-12/h2-10H,1H3,(H,19,21)(H,20,22)/b18-10+. The molecular weight excluding hydrogens is 393 g/mol. The number of amides is 2. The van der Waals surface area contributed by atoms with Gasteiger partial charge >= 0.3 is 11.8 Å². The minimum Gasteiger partial charge on any atom is -0.318 e. The molecule has 6 heteroatoms. The molecule has 0 saturated carbocycles. The lowest BCUT2D eigenvalue weighted by molar-refractivity contribution is -0.136. The maximum atomic E-state index is 11.7. The van der Waals surface area contributed by atoms with Gasteiger partial charge in [0.25, 0.3) is 0 Å². The van der Waals surface area contributed by atoms with E-state index >= 15 is 0 Å². The Bertz CT molecular complexity index is 712. The highest BCUT2D eigenvalue weighted by Crippen LogP contribution is 2.09. The molecule has 0 aromatic heterocycles. The molecule has 0 aliphatic heterocycles. The van der Waals surface area contributed by atoms with Gasteiger partial charge in [0.2, 0.25) is 0 Å². The van der Waals surface area contributed by atoms with Crippen molar-refractivity contribution in [2.75, 3.05) is 5.32 Å². The topological polar surface area (TPSA) is 70.6 Å². The van der Waals surface area contributed by atoms with Crippen LogP contribution in [0.4, 0.5) is 5.69 Å². The number of rotatable bonds is 3. The number of aryl methyl sites for hydroxylation is 1. The van der Waals surface area contributed by atoms with Crippen LogP contribution in [0, 0.1) is 10.5 Å². The van der Waals surface area contributed by atoms with Crippen LogP contribution in [0.15, 0.2) is 53.6 Å². The molecule has 0 aliphatic rings. The molecule has 0 heterocycles. The molecule has 0 saturated heterocycles. The summed E-state index contributed by atoms with van der Waals surface area (Å²) in [6.07, 6.45) is 1.48. The number of carbonyl (C=O) groups excluding carboxylic acids is 2. The number of halogens is 1. The lowest BCUT2D eigenvalue weighted by Gasteiger charge is -2.04. The Hall–Kier alpha value is -2.22. The summed E-state index contributed by atoms with van der Waals surface area (Å²) >= 11 is 2.20. The number of carbonyl (C=O) groups is 2. The van der Waals surface area contributed by atoms with Gasteiger partial charge in [-0.05, 0) is 64.9 Å². The van der Waals surface area contributed by atoms with E-state index in [9.17, 15) is 9.59 Å². The lowest BCUT2D eigenvalue weighted by Crippen LogP contribution is -2.32. The van der Waals surface area contributed by atoms with E-state index in [1.165, 1.54) is 6.21 Å². The largest absolute Gasteiger partial charge is 0.329 e. The van der Waals surface area contributed by atoms with Gasteiger partial charge in [-0.3, -0.25) is 9.59 Å². The summed E-state index contributed by atoms with van der Waals surface area (Å²) < 4.78 is 1.11. The van der Waals surface area contributed by atoms with Gasteiger partial charge in [-0.15, -0.1) is 0 Å². The predicted molar refractivity (Wildman–Crippen MR) is 94.7 cm³/mol. The summed E-state index contributed by atoms with van der Waals surface area (Å²) in [5.74, 6) is -1.58. The van der Waals surface area contributed by atoms with Crippen LogP contribution in [0.2, 0.25) is 0 Å². The second kappa shape index (κ2) is 7.69. The fraction of sp³-hybridized carbons (Fsp3) is 0.0625. The number of benzene rings is 2. The zero-order chi connectivity index (χ0) is 15.9. The molecule has 2 aromatic rings. The van der Waals surface area contributed by atoms with Crippen LogP contribution in [0.5, 0.6) is 0 Å². The number of nitrogens with zero attached hydrogens (tertiary/aromatic N) is 1. The molecule has 5 nitrogen and oxygen atoms in total. The molecule has 0 atom stereocenters. The van der Waals surface area contributed by atoms with Crippen LogP contribution in [0.3, 0.4) is 0 Å². The maximum Gasteiger partial charge on any atom is 0.329 e. The molecule has 2 N–H and O–H groups in total. The maximum absolute atomic E-state index is 11.7.